The molecule has 1 aliphatic rings. The van der Waals surface area contributed by atoms with Crippen LogP contribution in [0.5, 0.6) is 0 Å². The lowest BCUT2D eigenvalue weighted by atomic mass is 10.2. The number of fused-ring (bicyclic) bond motifs is 1. The second kappa shape index (κ2) is 9.57. The van der Waals surface area contributed by atoms with Gasteiger partial charge < -0.3 is 5.32 Å². The fourth-order valence-corrected chi connectivity index (χ4v) is 3.95. The van der Waals surface area contributed by atoms with Crippen molar-refractivity contribution in [1.82, 2.24) is 15.2 Å². The van der Waals surface area contributed by atoms with E-state index in [2.05, 4.69) is 10.3 Å². The maximum Gasteiger partial charge on any atom is 0.293 e. The van der Waals surface area contributed by atoms with Gasteiger partial charge in [-0.05, 0) is 53.7 Å². The van der Waals surface area contributed by atoms with Gasteiger partial charge >= 0.3 is 0 Å². The van der Waals surface area contributed by atoms with Gasteiger partial charge in [-0.15, -0.1) is 0 Å². The van der Waals surface area contributed by atoms with Gasteiger partial charge in [-0.3, -0.25) is 19.3 Å². The van der Waals surface area contributed by atoms with Crippen LogP contribution in [0.25, 0.3) is 23.1 Å². The van der Waals surface area contributed by atoms with E-state index in [4.69, 9.17) is 0 Å². The Morgan fingerprint density at radius 3 is 2.66 bits per heavy atom. The normalized spacial score (nSPS) is 15.3. The van der Waals surface area contributed by atoms with Crippen molar-refractivity contribution in [1.29, 1.82) is 0 Å². The quantitative estimate of drug-likeness (QED) is 0.572. The number of benzene rings is 2. The molecule has 160 valence electrons. The van der Waals surface area contributed by atoms with Gasteiger partial charge in [-0.1, -0.05) is 36.4 Å². The number of para-hydroxylation sites is 1. The minimum atomic E-state index is -0.436. The summed E-state index contributed by atoms with van der Waals surface area (Å²) in [5, 5.41) is 3.26. The maximum atomic E-state index is 13.0. The fourth-order valence-electron chi connectivity index (χ4n) is 3.09. The van der Waals surface area contributed by atoms with Gasteiger partial charge in [-0.2, -0.15) is 0 Å². The molecule has 6 nitrogen and oxygen atoms in total. The van der Waals surface area contributed by atoms with E-state index in [0.29, 0.717) is 11.3 Å². The summed E-state index contributed by atoms with van der Waals surface area (Å²) in [4.78, 5) is 42.5. The van der Waals surface area contributed by atoms with Crippen LogP contribution in [0, 0.1) is 5.82 Å². The van der Waals surface area contributed by atoms with Crippen LogP contribution in [-0.4, -0.2) is 40.0 Å². The molecule has 2 heterocycles. The summed E-state index contributed by atoms with van der Waals surface area (Å²) in [6.45, 7) is 0.176. The van der Waals surface area contributed by atoms with Crippen LogP contribution < -0.4 is 5.32 Å². The highest BCUT2D eigenvalue weighted by Crippen LogP contribution is 2.31. The Bertz CT molecular complexity index is 1250. The lowest BCUT2D eigenvalue weighted by molar-refractivity contribution is -0.123. The largest absolute Gasteiger partial charge is 0.351 e. The first-order valence-corrected chi connectivity index (χ1v) is 10.6. The molecule has 2 aromatic carbocycles. The van der Waals surface area contributed by atoms with Gasteiger partial charge in [0.1, 0.15) is 5.82 Å². The Morgan fingerprint density at radius 2 is 1.84 bits per heavy atom. The number of halogens is 1. The molecular formula is C24H18FN3O3S. The second-order valence-corrected chi connectivity index (χ2v) is 7.93. The summed E-state index contributed by atoms with van der Waals surface area (Å²) in [7, 11) is 0. The van der Waals surface area contributed by atoms with Crippen molar-refractivity contribution >= 4 is 51.9 Å². The summed E-state index contributed by atoms with van der Waals surface area (Å²) in [5.74, 6) is -1.17. The third-order valence-electron chi connectivity index (χ3n) is 4.70. The molecule has 1 aliphatic heterocycles. The van der Waals surface area contributed by atoms with Crippen LogP contribution in [-0.2, 0) is 9.59 Å². The van der Waals surface area contributed by atoms with Crippen molar-refractivity contribution in [2.24, 2.45) is 0 Å². The molecule has 1 fully saturated rings. The van der Waals surface area contributed by atoms with E-state index >= 15 is 0 Å². The Balaban J connectivity index is 1.30. The van der Waals surface area contributed by atoms with Crippen molar-refractivity contribution in [3.8, 4) is 0 Å². The summed E-state index contributed by atoms with van der Waals surface area (Å²) < 4.78 is 13.0. The standard InChI is InChI=1S/C24H18FN3O3S/c25-18-8-5-16(6-9-18)15-21-23(30)28(24(31)32-21)14-13-26-22(29)12-11-19-10-7-17-3-1-2-4-20(17)27-19/h1-12,15H,13-14H2,(H,26,29)/b12-11+,21-15-. The minimum Gasteiger partial charge on any atom is -0.351 e. The average molecular weight is 447 g/mol. The Morgan fingerprint density at radius 1 is 1.06 bits per heavy atom. The first-order chi connectivity index (χ1) is 15.5. The number of nitrogens with zero attached hydrogens (tertiary/aromatic N) is 2. The number of thioether (sulfide) groups is 1. The van der Waals surface area contributed by atoms with Gasteiger partial charge in [0.25, 0.3) is 11.1 Å². The third-order valence-corrected chi connectivity index (χ3v) is 5.61. The molecule has 0 unspecified atom stereocenters. The number of carbonyl (C=O) groups excluding carboxylic acids is 3. The Kier molecular flexibility index (Phi) is 6.42. The van der Waals surface area contributed by atoms with Crippen molar-refractivity contribution < 1.29 is 18.8 Å². The van der Waals surface area contributed by atoms with E-state index in [1.165, 1.54) is 30.3 Å². The minimum absolute atomic E-state index is 0.0548. The highest BCUT2D eigenvalue weighted by Gasteiger charge is 2.34. The number of rotatable bonds is 6. The van der Waals surface area contributed by atoms with Crippen molar-refractivity contribution in [2.75, 3.05) is 13.1 Å². The summed E-state index contributed by atoms with van der Waals surface area (Å²) in [6.07, 6.45) is 4.51. The van der Waals surface area contributed by atoms with Gasteiger partial charge in [0.2, 0.25) is 5.91 Å². The van der Waals surface area contributed by atoms with Crippen LogP contribution in [0.1, 0.15) is 11.3 Å². The number of hydrogen-bond acceptors (Lipinski definition) is 5. The number of carbonyl (C=O) groups is 3. The van der Waals surface area contributed by atoms with Gasteiger partial charge in [0.05, 0.1) is 16.1 Å². The highest BCUT2D eigenvalue weighted by molar-refractivity contribution is 8.18. The third kappa shape index (κ3) is 5.09. The van der Waals surface area contributed by atoms with Crippen molar-refractivity contribution in [3.05, 3.63) is 88.7 Å². The zero-order valence-electron chi connectivity index (χ0n) is 16.8. The van der Waals surface area contributed by atoms with E-state index in [9.17, 15) is 18.8 Å². The number of amides is 3. The molecule has 8 heteroatoms. The summed E-state index contributed by atoms with van der Waals surface area (Å²) in [5.41, 5.74) is 2.11. The smallest absolute Gasteiger partial charge is 0.293 e. The molecule has 1 aromatic heterocycles. The molecule has 0 radical (unpaired) electrons. The predicted molar refractivity (Wildman–Crippen MR) is 123 cm³/mol. The van der Waals surface area contributed by atoms with Gasteiger partial charge in [0.15, 0.2) is 0 Å². The predicted octanol–water partition coefficient (Wildman–Crippen LogP) is 4.24. The molecule has 0 atom stereocenters. The number of pyridine rings is 1. The highest BCUT2D eigenvalue weighted by atomic mass is 32.2. The lowest BCUT2D eigenvalue weighted by Crippen LogP contribution is -2.36. The van der Waals surface area contributed by atoms with Gasteiger partial charge in [-0.25, -0.2) is 9.37 Å². The van der Waals surface area contributed by atoms with Crippen LogP contribution in [0.2, 0.25) is 0 Å². The van der Waals surface area contributed by atoms with Crippen LogP contribution in [0.3, 0.4) is 0 Å². The van der Waals surface area contributed by atoms with Gasteiger partial charge in [0, 0.05) is 24.6 Å². The van der Waals surface area contributed by atoms with E-state index in [0.717, 1.165) is 27.6 Å². The van der Waals surface area contributed by atoms with Crippen LogP contribution >= 0.6 is 11.8 Å². The topological polar surface area (TPSA) is 79.4 Å². The first-order valence-electron chi connectivity index (χ1n) is 9.82. The first kappa shape index (κ1) is 21.5. The summed E-state index contributed by atoms with van der Waals surface area (Å²) in [6, 6.07) is 17.1. The maximum absolute atomic E-state index is 13.0. The molecule has 3 aromatic rings. The van der Waals surface area contributed by atoms with Crippen molar-refractivity contribution in [2.45, 2.75) is 0 Å². The zero-order valence-corrected chi connectivity index (χ0v) is 17.6. The number of hydrogen-bond donors (Lipinski definition) is 1. The molecular weight excluding hydrogens is 429 g/mol. The van der Waals surface area contributed by atoms with Crippen molar-refractivity contribution in [3.63, 3.8) is 0 Å². The van der Waals surface area contributed by atoms with Crippen LogP contribution in [0.4, 0.5) is 9.18 Å². The number of imide groups is 1. The van der Waals surface area contributed by atoms with E-state index in [1.807, 2.05) is 36.4 Å². The molecule has 0 aliphatic carbocycles. The summed E-state index contributed by atoms with van der Waals surface area (Å²) >= 11 is 0.818. The molecule has 3 amide bonds. The molecule has 0 bridgehead atoms. The van der Waals surface area contributed by atoms with E-state index in [-0.39, 0.29) is 29.7 Å². The molecule has 1 N–H and O–H groups in total. The SMILES string of the molecule is O=C(/C=C/c1ccc2ccccc2n1)NCCN1C(=O)S/C(=C\c2ccc(F)cc2)C1=O. The zero-order chi connectivity index (χ0) is 22.5. The lowest BCUT2D eigenvalue weighted by Gasteiger charge is -2.12. The Hall–Kier alpha value is -3.78. The molecule has 32 heavy (non-hydrogen) atoms. The molecule has 0 spiro atoms. The molecule has 4 rings (SSSR count). The monoisotopic (exact) mass is 447 g/mol. The second-order valence-electron chi connectivity index (χ2n) is 6.94. The number of aromatic nitrogens is 1. The molecule has 1 saturated heterocycles. The molecule has 0 saturated carbocycles. The van der Waals surface area contributed by atoms with Crippen LogP contribution in [0.15, 0.2) is 71.6 Å². The Labute approximate surface area is 187 Å². The average Bonchev–Trinajstić information content (AvgIpc) is 3.06. The number of nitrogens with one attached hydrogen (secondary N) is 1. The fraction of sp³-hybridized carbons (Fsp3) is 0.0833. The van der Waals surface area contributed by atoms with E-state index in [1.54, 1.807) is 12.2 Å². The van der Waals surface area contributed by atoms with E-state index < -0.39 is 11.1 Å².